The third-order valence-electron chi connectivity index (χ3n) is 7.31. The van der Waals surface area contributed by atoms with Crippen LogP contribution in [0.5, 0.6) is 0 Å². The van der Waals surface area contributed by atoms with Gasteiger partial charge in [0.25, 0.3) is 0 Å². The summed E-state index contributed by atoms with van der Waals surface area (Å²) in [6.45, 7) is 4.92. The molecule has 1 amide bonds. The van der Waals surface area contributed by atoms with E-state index >= 15 is 0 Å². The fourth-order valence-corrected chi connectivity index (χ4v) is 5.79. The van der Waals surface area contributed by atoms with E-state index < -0.39 is 0 Å². The third kappa shape index (κ3) is 3.88. The van der Waals surface area contributed by atoms with E-state index in [1.807, 2.05) is 38.0 Å². The molecule has 0 bridgehead atoms. The molecule has 0 aliphatic carbocycles. The Hall–Kier alpha value is -4.05. The van der Waals surface area contributed by atoms with Crippen molar-refractivity contribution in [3.05, 3.63) is 53.9 Å². The lowest BCUT2D eigenvalue weighted by Crippen LogP contribution is -2.27. The number of nitrogens with zero attached hydrogens (tertiary/aromatic N) is 7. The van der Waals surface area contributed by atoms with Crippen molar-refractivity contribution >= 4 is 33.8 Å². The third-order valence-corrected chi connectivity index (χ3v) is 7.31. The first-order valence-electron chi connectivity index (χ1n) is 12.6. The molecule has 190 valence electrons. The number of rotatable bonds is 5. The molecule has 1 aliphatic heterocycles. The second kappa shape index (κ2) is 9.11. The Morgan fingerprint density at radius 3 is 2.54 bits per heavy atom. The Bertz CT molecular complexity index is 1590. The van der Waals surface area contributed by atoms with Gasteiger partial charge in [-0.1, -0.05) is 35.5 Å². The maximum atomic E-state index is 12.2. The van der Waals surface area contributed by atoms with Crippen molar-refractivity contribution in [2.24, 2.45) is 20.0 Å². The lowest BCUT2D eigenvalue weighted by atomic mass is 9.86. The van der Waals surface area contributed by atoms with Gasteiger partial charge in [-0.2, -0.15) is 5.10 Å². The number of aryl methyl sites for hydroxylation is 3. The number of hydrogen-bond acceptors (Lipinski definition) is 6. The van der Waals surface area contributed by atoms with Gasteiger partial charge in [-0.25, -0.2) is 4.68 Å². The van der Waals surface area contributed by atoms with Gasteiger partial charge in [-0.3, -0.25) is 14.5 Å². The maximum Gasteiger partial charge on any atom is 0.222 e. The summed E-state index contributed by atoms with van der Waals surface area (Å²) in [6, 6.07) is 12.7. The van der Waals surface area contributed by atoms with Crippen molar-refractivity contribution in [2.45, 2.75) is 32.7 Å². The molecule has 10 nitrogen and oxygen atoms in total. The Morgan fingerprint density at radius 1 is 1.11 bits per heavy atom. The summed E-state index contributed by atoms with van der Waals surface area (Å²) in [5.41, 5.74) is 7.49. The fraction of sp³-hybridized carbons (Fsp3) is 0.370. The van der Waals surface area contributed by atoms with Gasteiger partial charge in [0, 0.05) is 46.0 Å². The number of pyridine rings is 1. The van der Waals surface area contributed by atoms with Crippen LogP contribution in [0.2, 0.25) is 0 Å². The Balaban J connectivity index is 1.71. The van der Waals surface area contributed by atoms with Gasteiger partial charge in [0.2, 0.25) is 5.91 Å². The average molecular weight is 499 g/mol. The molecule has 5 aromatic rings. The molecule has 0 spiro atoms. The van der Waals surface area contributed by atoms with E-state index in [2.05, 4.69) is 50.5 Å². The molecule has 1 aromatic carbocycles. The zero-order chi connectivity index (χ0) is 25.7. The molecule has 0 saturated carbocycles. The van der Waals surface area contributed by atoms with Crippen LogP contribution in [-0.4, -0.2) is 53.4 Å². The highest BCUT2D eigenvalue weighted by atomic mass is 16.5. The molecule has 1 atom stereocenters. The second-order valence-electron chi connectivity index (χ2n) is 9.76. The molecule has 4 aromatic heterocycles. The molecule has 5 heterocycles. The highest BCUT2D eigenvalue weighted by Crippen LogP contribution is 2.43. The van der Waals surface area contributed by atoms with Gasteiger partial charge < -0.3 is 14.6 Å². The number of fused-ring (bicyclic) bond motifs is 3. The summed E-state index contributed by atoms with van der Waals surface area (Å²) >= 11 is 0. The lowest BCUT2D eigenvalue weighted by Gasteiger charge is -2.33. The zero-order valence-electron chi connectivity index (χ0n) is 21.5. The van der Waals surface area contributed by atoms with Gasteiger partial charge >= 0.3 is 0 Å². The second-order valence-corrected chi connectivity index (χ2v) is 9.76. The first-order chi connectivity index (χ1) is 17.9. The van der Waals surface area contributed by atoms with E-state index in [0.29, 0.717) is 11.7 Å². The minimum atomic E-state index is -0.163. The van der Waals surface area contributed by atoms with Crippen LogP contribution in [0.15, 0.2) is 42.6 Å². The van der Waals surface area contributed by atoms with Crippen LogP contribution in [-0.2, 0) is 23.6 Å². The number of aromatic nitrogens is 7. The van der Waals surface area contributed by atoms with Crippen molar-refractivity contribution in [3.63, 3.8) is 0 Å². The van der Waals surface area contributed by atoms with Crippen LogP contribution >= 0.6 is 0 Å². The largest absolute Gasteiger partial charge is 0.381 e. The Labute approximate surface area is 214 Å². The summed E-state index contributed by atoms with van der Waals surface area (Å²) in [7, 11) is 3.79. The van der Waals surface area contributed by atoms with Crippen molar-refractivity contribution < 1.29 is 9.53 Å². The number of hydrogen-bond donors (Lipinski definition) is 1. The van der Waals surface area contributed by atoms with Crippen molar-refractivity contribution in [1.82, 2.24) is 34.3 Å². The quantitative estimate of drug-likeness (QED) is 0.393. The van der Waals surface area contributed by atoms with E-state index in [-0.39, 0.29) is 11.9 Å². The smallest absolute Gasteiger partial charge is 0.222 e. The lowest BCUT2D eigenvalue weighted by molar-refractivity contribution is -0.114. The highest BCUT2D eigenvalue weighted by molar-refractivity contribution is 6.10. The molecule has 10 heteroatoms. The minimum Gasteiger partial charge on any atom is -0.381 e. The number of amides is 1. The van der Waals surface area contributed by atoms with Crippen LogP contribution < -0.4 is 5.32 Å². The molecular formula is C27H30N8O2. The van der Waals surface area contributed by atoms with Crippen LogP contribution in [0.1, 0.15) is 37.1 Å². The van der Waals surface area contributed by atoms with Crippen molar-refractivity contribution in [2.75, 3.05) is 18.5 Å². The number of carbonyl (C=O) groups excluding carboxylic acids is 1. The summed E-state index contributed by atoms with van der Waals surface area (Å²) in [5.74, 6) is 0.712. The van der Waals surface area contributed by atoms with E-state index in [1.54, 1.807) is 4.68 Å². The molecule has 0 unspecified atom stereocenters. The van der Waals surface area contributed by atoms with Crippen LogP contribution in [0.3, 0.4) is 0 Å². The van der Waals surface area contributed by atoms with Crippen LogP contribution in [0, 0.1) is 12.8 Å². The molecule has 6 rings (SSSR count). The number of ether oxygens (including phenoxy) is 1. The van der Waals surface area contributed by atoms with Crippen LogP contribution in [0.4, 0.5) is 5.82 Å². The van der Waals surface area contributed by atoms with Gasteiger partial charge in [0.15, 0.2) is 5.82 Å². The monoisotopic (exact) mass is 498 g/mol. The molecule has 1 saturated heterocycles. The average Bonchev–Trinajstić information content (AvgIpc) is 3.51. The Kier molecular flexibility index (Phi) is 5.75. The molecular weight excluding hydrogens is 468 g/mol. The predicted molar refractivity (Wildman–Crippen MR) is 141 cm³/mol. The van der Waals surface area contributed by atoms with E-state index in [0.717, 1.165) is 65.1 Å². The summed E-state index contributed by atoms with van der Waals surface area (Å²) < 4.78 is 11.7. The zero-order valence-corrected chi connectivity index (χ0v) is 21.5. The standard InChI is InChI=1S/C27H30N8O2/c1-16-23(34(4)32-30-16)20-14-21-22(28-15-20)25-26(27(29-17(2)36)31-33(25)3)35(21)24(18-8-6-5-7-9-18)19-10-12-37-13-11-19/h5-9,14-15,19,24H,10-13H2,1-4H3,(H,29,31,36)/t24-/m1/s1. The fourth-order valence-electron chi connectivity index (χ4n) is 5.79. The molecule has 1 aliphatic rings. The number of nitrogens with one attached hydrogen (secondary N) is 1. The topological polar surface area (TPSA) is 105 Å². The summed E-state index contributed by atoms with van der Waals surface area (Å²) in [5, 5.41) is 16.1. The first-order valence-corrected chi connectivity index (χ1v) is 12.6. The van der Waals surface area contributed by atoms with Crippen LogP contribution in [0.25, 0.3) is 33.3 Å². The van der Waals surface area contributed by atoms with Gasteiger partial charge in [0.05, 0.1) is 22.9 Å². The minimum absolute atomic E-state index is 0.00428. The van der Waals surface area contributed by atoms with E-state index in [9.17, 15) is 4.79 Å². The number of anilines is 1. The van der Waals surface area contributed by atoms with E-state index in [1.165, 1.54) is 12.5 Å². The molecule has 1 fully saturated rings. The van der Waals surface area contributed by atoms with Gasteiger partial charge in [-0.05, 0) is 37.3 Å². The normalized spacial score (nSPS) is 15.5. The molecule has 37 heavy (non-hydrogen) atoms. The molecule has 0 radical (unpaired) electrons. The predicted octanol–water partition coefficient (Wildman–Crippen LogP) is 4.00. The molecule has 1 N–H and O–H groups in total. The first kappa shape index (κ1) is 23.4. The summed E-state index contributed by atoms with van der Waals surface area (Å²) in [6.07, 6.45) is 3.75. The van der Waals surface area contributed by atoms with Crippen molar-refractivity contribution in [1.29, 1.82) is 0 Å². The van der Waals surface area contributed by atoms with Gasteiger partial charge in [0.1, 0.15) is 16.6 Å². The summed E-state index contributed by atoms with van der Waals surface area (Å²) in [4.78, 5) is 17.2. The Morgan fingerprint density at radius 2 is 1.86 bits per heavy atom. The number of carbonyl (C=O) groups is 1. The van der Waals surface area contributed by atoms with Crippen molar-refractivity contribution in [3.8, 4) is 11.3 Å². The SMILES string of the molecule is CC(=O)Nc1nn(C)c2c3ncc(-c4c(C)nnn4C)cc3n([C@H](c3ccccc3)C3CCOCC3)c12. The number of benzene rings is 1. The van der Waals surface area contributed by atoms with E-state index in [4.69, 9.17) is 14.8 Å². The highest BCUT2D eigenvalue weighted by Gasteiger charge is 2.33. The maximum absolute atomic E-state index is 12.2. The van der Waals surface area contributed by atoms with Gasteiger partial charge in [-0.15, -0.1) is 5.10 Å².